The number of carbonyl (C=O) groups excluding carboxylic acids is 1. The van der Waals surface area contributed by atoms with E-state index in [1.54, 1.807) is 0 Å². The van der Waals surface area contributed by atoms with Crippen LogP contribution in [0.5, 0.6) is 6.01 Å². The molecule has 0 unspecified atom stereocenters. The van der Waals surface area contributed by atoms with E-state index in [1.165, 1.54) is 4.90 Å². The lowest BCUT2D eigenvalue weighted by molar-refractivity contribution is -0.131. The standard InChI is InChI=1S/C34H40ClFN8O2/c1-23(36)32(45)44-15-14-43(17-25(44)16-37-2)31-26-12-13-42(29-11-7-9-24-8-6-10-27(35)30(24)29)18-28(26)38-33(39-31)46-22-34(19-40(3)4)20-41(5)21-34/h6-11,25H,1,12-22H2,3-5H3/t25-/m0/s1. The maximum Gasteiger partial charge on any atom is 0.318 e. The number of hydrogen-bond donors (Lipinski definition) is 0. The molecule has 1 amide bonds. The van der Waals surface area contributed by atoms with Crippen LogP contribution in [0.15, 0.2) is 48.8 Å². The summed E-state index contributed by atoms with van der Waals surface area (Å²) in [5, 5.41) is 2.80. The van der Waals surface area contributed by atoms with Gasteiger partial charge in [0.1, 0.15) is 18.5 Å². The van der Waals surface area contributed by atoms with Crippen molar-refractivity contribution in [3.05, 3.63) is 76.5 Å². The van der Waals surface area contributed by atoms with Crippen LogP contribution in [0.2, 0.25) is 5.02 Å². The van der Waals surface area contributed by atoms with E-state index < -0.39 is 17.8 Å². The van der Waals surface area contributed by atoms with E-state index in [-0.39, 0.29) is 18.5 Å². The summed E-state index contributed by atoms with van der Waals surface area (Å²) < 4.78 is 20.3. The number of anilines is 2. The summed E-state index contributed by atoms with van der Waals surface area (Å²) in [6, 6.07) is 12.0. The van der Waals surface area contributed by atoms with Crippen molar-refractivity contribution < 1.29 is 13.9 Å². The highest BCUT2D eigenvalue weighted by Gasteiger charge is 2.43. The molecule has 2 saturated heterocycles. The van der Waals surface area contributed by atoms with Gasteiger partial charge in [-0.25, -0.2) is 11.0 Å². The van der Waals surface area contributed by atoms with Crippen molar-refractivity contribution in [1.82, 2.24) is 24.7 Å². The first-order valence-electron chi connectivity index (χ1n) is 15.6. The molecule has 46 heavy (non-hydrogen) atoms. The number of likely N-dealkylation sites (tertiary alicyclic amines) is 1. The Morgan fingerprint density at radius 1 is 1.17 bits per heavy atom. The van der Waals surface area contributed by atoms with Gasteiger partial charge in [0.25, 0.3) is 5.91 Å². The van der Waals surface area contributed by atoms with E-state index in [0.717, 1.165) is 59.7 Å². The summed E-state index contributed by atoms with van der Waals surface area (Å²) >= 11 is 6.71. The van der Waals surface area contributed by atoms with E-state index in [9.17, 15) is 9.18 Å². The number of benzene rings is 2. The molecule has 0 N–H and O–H groups in total. The number of rotatable bonds is 9. The van der Waals surface area contributed by atoms with E-state index in [1.807, 2.05) is 18.2 Å². The molecule has 1 aromatic heterocycles. The van der Waals surface area contributed by atoms with Gasteiger partial charge in [0.15, 0.2) is 5.83 Å². The van der Waals surface area contributed by atoms with Crippen molar-refractivity contribution in [2.45, 2.75) is 19.0 Å². The van der Waals surface area contributed by atoms with Crippen LogP contribution in [0.4, 0.5) is 15.9 Å². The Labute approximate surface area is 274 Å². The average molecular weight is 647 g/mol. The molecule has 2 aromatic carbocycles. The number of nitrogens with zero attached hydrogens (tertiary/aromatic N) is 8. The summed E-state index contributed by atoms with van der Waals surface area (Å²) in [7, 11) is 6.26. The van der Waals surface area contributed by atoms with Gasteiger partial charge >= 0.3 is 6.01 Å². The Morgan fingerprint density at radius 3 is 2.63 bits per heavy atom. The quantitative estimate of drug-likeness (QED) is 0.254. The highest BCUT2D eigenvalue weighted by molar-refractivity contribution is 6.36. The third kappa shape index (κ3) is 6.34. The normalized spacial score (nSPS) is 19.5. The number of aromatic nitrogens is 2. The number of ether oxygens (including phenoxy) is 1. The van der Waals surface area contributed by atoms with Crippen molar-refractivity contribution in [3.63, 3.8) is 0 Å². The van der Waals surface area contributed by atoms with Crippen LogP contribution < -0.4 is 14.5 Å². The van der Waals surface area contributed by atoms with Crippen molar-refractivity contribution in [2.24, 2.45) is 5.41 Å². The molecule has 3 aliphatic heterocycles. The second kappa shape index (κ2) is 13.0. The smallest absolute Gasteiger partial charge is 0.318 e. The molecular weight excluding hydrogens is 607 g/mol. The Balaban J connectivity index is 1.34. The van der Waals surface area contributed by atoms with Crippen LogP contribution in [-0.4, -0.2) is 117 Å². The minimum Gasteiger partial charge on any atom is -0.463 e. The summed E-state index contributed by atoms with van der Waals surface area (Å²) in [6.07, 6.45) is 0.690. The molecule has 0 saturated carbocycles. The lowest BCUT2D eigenvalue weighted by atomic mass is 9.80. The van der Waals surface area contributed by atoms with Crippen LogP contribution >= 0.6 is 11.6 Å². The molecule has 4 heterocycles. The molecule has 3 aromatic rings. The molecule has 12 heteroatoms. The molecule has 3 aliphatic rings. The number of halogens is 2. The third-order valence-electron chi connectivity index (χ3n) is 9.14. The maximum atomic E-state index is 13.9. The highest BCUT2D eigenvalue weighted by Crippen LogP contribution is 2.38. The zero-order valence-corrected chi connectivity index (χ0v) is 27.4. The van der Waals surface area contributed by atoms with Crippen LogP contribution in [0.3, 0.4) is 0 Å². The first kappa shape index (κ1) is 32.0. The van der Waals surface area contributed by atoms with Crippen LogP contribution in [-0.2, 0) is 17.8 Å². The van der Waals surface area contributed by atoms with Gasteiger partial charge in [0, 0.05) is 67.9 Å². The molecule has 6 rings (SSSR count). The van der Waals surface area contributed by atoms with E-state index in [4.69, 9.17) is 32.9 Å². The zero-order valence-electron chi connectivity index (χ0n) is 26.7. The summed E-state index contributed by atoms with van der Waals surface area (Å²) in [4.78, 5) is 36.4. The van der Waals surface area contributed by atoms with Crippen LogP contribution in [0.25, 0.3) is 15.6 Å². The fourth-order valence-corrected chi connectivity index (χ4v) is 7.70. The topological polar surface area (TPSA) is 72.6 Å². The molecule has 0 radical (unpaired) electrons. The fourth-order valence-electron chi connectivity index (χ4n) is 7.42. The van der Waals surface area contributed by atoms with Crippen molar-refractivity contribution in [2.75, 3.05) is 89.9 Å². The Kier molecular flexibility index (Phi) is 9.06. The van der Waals surface area contributed by atoms with Gasteiger partial charge in [-0.15, -0.1) is 0 Å². The second-order valence-corrected chi connectivity index (χ2v) is 13.5. The lowest BCUT2D eigenvalue weighted by Crippen LogP contribution is -2.61. The van der Waals surface area contributed by atoms with Gasteiger partial charge < -0.3 is 34.1 Å². The third-order valence-corrected chi connectivity index (χ3v) is 9.46. The first-order valence-corrected chi connectivity index (χ1v) is 16.0. The SMILES string of the molecule is [C-]#[N+]C[C@H]1CN(c2nc(OCC3(CN(C)C)CN(C)C3)nc3c2CCN(c2cccc4cccc(Cl)c24)C3)CCN1C(=O)C(=C)F. The minimum absolute atomic E-state index is 0.0229. The van der Waals surface area contributed by atoms with E-state index in [2.05, 4.69) is 70.4 Å². The fraction of sp³-hybridized carbons (Fsp3) is 0.471. The van der Waals surface area contributed by atoms with Gasteiger partial charge in [-0.3, -0.25) is 4.79 Å². The molecule has 1 atom stereocenters. The molecule has 2 fully saturated rings. The molecular formula is C34H40ClFN8O2. The maximum absolute atomic E-state index is 13.9. The van der Waals surface area contributed by atoms with Gasteiger partial charge in [-0.1, -0.05) is 42.4 Å². The Morgan fingerprint density at radius 2 is 1.93 bits per heavy atom. The van der Waals surface area contributed by atoms with E-state index >= 15 is 0 Å². The van der Waals surface area contributed by atoms with Gasteiger partial charge in [-0.2, -0.15) is 9.97 Å². The van der Waals surface area contributed by atoms with Crippen molar-refractivity contribution in [3.8, 4) is 6.01 Å². The summed E-state index contributed by atoms with van der Waals surface area (Å²) in [6.45, 7) is 16.3. The predicted octanol–water partition coefficient (Wildman–Crippen LogP) is 4.14. The molecule has 242 valence electrons. The highest BCUT2D eigenvalue weighted by atomic mass is 35.5. The van der Waals surface area contributed by atoms with Gasteiger partial charge in [-0.05, 0) is 45.1 Å². The molecule has 0 spiro atoms. The van der Waals surface area contributed by atoms with Crippen LogP contribution in [0, 0.1) is 12.0 Å². The van der Waals surface area contributed by atoms with Crippen molar-refractivity contribution >= 4 is 39.8 Å². The van der Waals surface area contributed by atoms with Crippen molar-refractivity contribution in [1.29, 1.82) is 0 Å². The average Bonchev–Trinajstić information content (AvgIpc) is 3.01. The number of carbonyl (C=O) groups is 1. The molecule has 0 aliphatic carbocycles. The Hall–Kier alpha value is -3.98. The molecule has 10 nitrogen and oxygen atoms in total. The predicted molar refractivity (Wildman–Crippen MR) is 179 cm³/mol. The van der Waals surface area contributed by atoms with Gasteiger partial charge in [0.2, 0.25) is 6.54 Å². The first-order chi connectivity index (χ1) is 22.1. The number of fused-ring (bicyclic) bond motifs is 2. The zero-order chi connectivity index (χ0) is 32.6. The summed E-state index contributed by atoms with van der Waals surface area (Å²) in [5.41, 5.74) is 2.93. The Bertz CT molecular complexity index is 1680. The largest absolute Gasteiger partial charge is 0.463 e. The monoisotopic (exact) mass is 646 g/mol. The van der Waals surface area contributed by atoms with Gasteiger partial charge in [0.05, 0.1) is 17.3 Å². The second-order valence-electron chi connectivity index (χ2n) is 13.1. The van der Waals surface area contributed by atoms with Crippen LogP contribution in [0.1, 0.15) is 11.3 Å². The number of amides is 1. The number of piperazine rings is 1. The van der Waals surface area contributed by atoms with E-state index in [0.29, 0.717) is 43.7 Å². The lowest BCUT2D eigenvalue weighted by Gasteiger charge is -2.49. The minimum atomic E-state index is -1.01. The summed E-state index contributed by atoms with van der Waals surface area (Å²) in [5.74, 6) is -1.02. The molecule has 0 bridgehead atoms. The number of hydrogen-bond acceptors (Lipinski definition) is 8.